The van der Waals surface area contributed by atoms with Crippen molar-refractivity contribution in [2.75, 3.05) is 11.9 Å². The predicted octanol–water partition coefficient (Wildman–Crippen LogP) is 3.51. The van der Waals surface area contributed by atoms with Crippen LogP contribution < -0.4 is 10.9 Å². The number of H-pyrrole nitrogens is 2. The number of aromatic amines is 2. The van der Waals surface area contributed by atoms with E-state index in [0.29, 0.717) is 22.2 Å². The molecule has 3 heterocycles. The third kappa shape index (κ3) is 2.95. The first-order chi connectivity index (χ1) is 13.7. The number of hydrogen-bond acceptors (Lipinski definition) is 4. The van der Waals surface area contributed by atoms with Gasteiger partial charge in [0.05, 0.1) is 16.6 Å². The summed E-state index contributed by atoms with van der Waals surface area (Å²) < 4.78 is 5.68. The fourth-order valence-electron chi connectivity index (χ4n) is 3.64. The van der Waals surface area contributed by atoms with Gasteiger partial charge in [0.15, 0.2) is 0 Å². The Kier molecular flexibility index (Phi) is 3.95. The highest BCUT2D eigenvalue weighted by atomic mass is 16.5. The predicted molar refractivity (Wildman–Crippen MR) is 107 cm³/mol. The summed E-state index contributed by atoms with van der Waals surface area (Å²) in [5, 5.41) is 3.57. The van der Waals surface area contributed by atoms with Crippen LogP contribution in [0, 0.1) is 0 Å². The number of pyridine rings is 1. The topological polar surface area (TPSA) is 99.9 Å². The minimum atomic E-state index is -0.333. The van der Waals surface area contributed by atoms with Gasteiger partial charge in [-0.05, 0) is 37.1 Å². The fourth-order valence-corrected chi connectivity index (χ4v) is 3.64. The highest BCUT2D eigenvalue weighted by Gasteiger charge is 2.21. The number of carbonyl (C=O) groups is 1. The molecule has 7 heteroatoms. The molecule has 0 spiro atoms. The summed E-state index contributed by atoms with van der Waals surface area (Å²) >= 11 is 0. The van der Waals surface area contributed by atoms with Crippen molar-refractivity contribution in [3.63, 3.8) is 0 Å². The Morgan fingerprint density at radius 3 is 2.86 bits per heavy atom. The van der Waals surface area contributed by atoms with E-state index in [1.165, 1.54) is 6.07 Å². The van der Waals surface area contributed by atoms with E-state index < -0.39 is 0 Å². The van der Waals surface area contributed by atoms with Crippen molar-refractivity contribution in [3.05, 3.63) is 70.3 Å². The first-order valence-corrected chi connectivity index (χ1v) is 9.22. The molecule has 3 N–H and O–H groups in total. The van der Waals surface area contributed by atoms with E-state index in [1.807, 2.05) is 30.3 Å². The molecule has 1 amide bonds. The standard InChI is InChI=1S/C21H18N4O3/c26-19-11-14(13-4-1-2-5-15(13)23-19)21(27)22-12-7-8-16-17(10-12)25-20(24-16)18-6-3-9-28-18/h1-2,4-5,7-8,10-11,18H,3,6,9H2,(H,22,27)(H,23,26)(H,24,25). The number of anilines is 1. The molecule has 2 aromatic heterocycles. The van der Waals surface area contributed by atoms with E-state index in [9.17, 15) is 9.59 Å². The van der Waals surface area contributed by atoms with Crippen molar-refractivity contribution in [3.8, 4) is 0 Å². The monoisotopic (exact) mass is 374 g/mol. The van der Waals surface area contributed by atoms with Crippen LogP contribution in [0.1, 0.15) is 35.1 Å². The van der Waals surface area contributed by atoms with Crippen LogP contribution in [0.4, 0.5) is 5.69 Å². The van der Waals surface area contributed by atoms with Crippen LogP contribution in [0.15, 0.2) is 53.3 Å². The number of para-hydroxylation sites is 1. The van der Waals surface area contributed by atoms with E-state index in [2.05, 4.69) is 20.3 Å². The molecule has 4 aromatic rings. The molecule has 0 bridgehead atoms. The summed E-state index contributed by atoms with van der Waals surface area (Å²) in [6, 6.07) is 14.1. The second-order valence-electron chi connectivity index (χ2n) is 6.90. The van der Waals surface area contributed by atoms with Crippen LogP contribution in [0.2, 0.25) is 0 Å². The molecule has 1 atom stereocenters. The van der Waals surface area contributed by atoms with Gasteiger partial charge in [-0.25, -0.2) is 4.98 Å². The zero-order valence-electron chi connectivity index (χ0n) is 15.0. The van der Waals surface area contributed by atoms with Crippen molar-refractivity contribution in [2.24, 2.45) is 0 Å². The Morgan fingerprint density at radius 2 is 2.00 bits per heavy atom. The molecule has 2 aromatic carbocycles. The van der Waals surface area contributed by atoms with Gasteiger partial charge in [-0.2, -0.15) is 0 Å². The number of imidazole rings is 1. The molecule has 1 aliphatic rings. The number of rotatable bonds is 3. The molecule has 0 aliphatic carbocycles. The molecular formula is C21H18N4O3. The van der Waals surface area contributed by atoms with E-state index in [0.717, 1.165) is 36.3 Å². The molecule has 140 valence electrons. The van der Waals surface area contributed by atoms with Crippen molar-refractivity contribution in [2.45, 2.75) is 18.9 Å². The average Bonchev–Trinajstić information content (AvgIpc) is 3.36. The second-order valence-corrected chi connectivity index (χ2v) is 6.90. The number of amides is 1. The minimum Gasteiger partial charge on any atom is -0.370 e. The first kappa shape index (κ1) is 16.7. The molecule has 1 fully saturated rings. The molecule has 0 radical (unpaired) electrons. The molecule has 0 saturated carbocycles. The number of nitrogens with one attached hydrogen (secondary N) is 3. The second kappa shape index (κ2) is 6.61. The highest BCUT2D eigenvalue weighted by molar-refractivity contribution is 6.12. The Hall–Kier alpha value is -3.45. The lowest BCUT2D eigenvalue weighted by atomic mass is 10.1. The molecule has 1 aliphatic heterocycles. The van der Waals surface area contributed by atoms with Crippen LogP contribution in [0.5, 0.6) is 0 Å². The lowest BCUT2D eigenvalue weighted by Gasteiger charge is -2.08. The van der Waals surface area contributed by atoms with E-state index in [1.54, 1.807) is 12.1 Å². The molecule has 1 unspecified atom stereocenters. The smallest absolute Gasteiger partial charge is 0.256 e. The Labute approximate surface area is 159 Å². The number of fused-ring (bicyclic) bond motifs is 2. The minimum absolute atomic E-state index is 0.00727. The summed E-state index contributed by atoms with van der Waals surface area (Å²) in [6.07, 6.45) is 2.00. The molecule has 28 heavy (non-hydrogen) atoms. The maximum atomic E-state index is 12.8. The zero-order chi connectivity index (χ0) is 19.1. The number of aromatic nitrogens is 3. The van der Waals surface area contributed by atoms with E-state index in [4.69, 9.17) is 4.74 Å². The van der Waals surface area contributed by atoms with Crippen LogP contribution in [0.25, 0.3) is 21.9 Å². The normalized spacial score (nSPS) is 16.6. The number of carbonyl (C=O) groups excluding carboxylic acids is 1. The third-order valence-electron chi connectivity index (χ3n) is 4.99. The van der Waals surface area contributed by atoms with Crippen molar-refractivity contribution in [1.82, 2.24) is 15.0 Å². The largest absolute Gasteiger partial charge is 0.370 e. The summed E-state index contributed by atoms with van der Waals surface area (Å²) in [7, 11) is 0. The van der Waals surface area contributed by atoms with Crippen molar-refractivity contribution < 1.29 is 9.53 Å². The van der Waals surface area contributed by atoms with Crippen LogP contribution in [-0.2, 0) is 4.74 Å². The molecular weight excluding hydrogens is 356 g/mol. The Balaban J connectivity index is 1.46. The van der Waals surface area contributed by atoms with Gasteiger partial charge < -0.3 is 20.0 Å². The van der Waals surface area contributed by atoms with Gasteiger partial charge in [0, 0.05) is 29.3 Å². The number of benzene rings is 2. The number of nitrogens with zero attached hydrogens (tertiary/aromatic N) is 1. The van der Waals surface area contributed by atoms with Gasteiger partial charge >= 0.3 is 0 Å². The Bertz CT molecular complexity index is 1250. The summed E-state index contributed by atoms with van der Waals surface area (Å²) in [5.41, 5.74) is 2.94. The lowest BCUT2D eigenvalue weighted by molar-refractivity contribution is 0.102. The van der Waals surface area contributed by atoms with Crippen molar-refractivity contribution in [1.29, 1.82) is 0 Å². The molecule has 7 nitrogen and oxygen atoms in total. The van der Waals surface area contributed by atoms with E-state index >= 15 is 0 Å². The fraction of sp³-hybridized carbons (Fsp3) is 0.190. The van der Waals surface area contributed by atoms with Crippen molar-refractivity contribution >= 4 is 33.5 Å². The summed E-state index contributed by atoms with van der Waals surface area (Å²) in [5.74, 6) is 0.483. The van der Waals surface area contributed by atoms with Gasteiger partial charge in [-0.1, -0.05) is 18.2 Å². The summed E-state index contributed by atoms with van der Waals surface area (Å²) in [6.45, 7) is 0.757. The quantitative estimate of drug-likeness (QED) is 0.511. The zero-order valence-corrected chi connectivity index (χ0v) is 15.0. The van der Waals surface area contributed by atoms with E-state index in [-0.39, 0.29) is 17.6 Å². The third-order valence-corrected chi connectivity index (χ3v) is 4.99. The van der Waals surface area contributed by atoms with Gasteiger partial charge in [0.2, 0.25) is 5.56 Å². The van der Waals surface area contributed by atoms with Gasteiger partial charge in [-0.15, -0.1) is 0 Å². The lowest BCUT2D eigenvalue weighted by Crippen LogP contribution is -2.16. The molecule has 1 saturated heterocycles. The van der Waals surface area contributed by atoms with Crippen LogP contribution in [-0.4, -0.2) is 27.5 Å². The maximum Gasteiger partial charge on any atom is 0.256 e. The highest BCUT2D eigenvalue weighted by Crippen LogP contribution is 2.29. The Morgan fingerprint density at radius 1 is 1.11 bits per heavy atom. The first-order valence-electron chi connectivity index (χ1n) is 9.22. The van der Waals surface area contributed by atoms with Gasteiger partial charge in [0.1, 0.15) is 11.9 Å². The number of hydrogen-bond donors (Lipinski definition) is 3. The van der Waals surface area contributed by atoms with Crippen LogP contribution >= 0.6 is 0 Å². The SMILES string of the molecule is O=C(Nc1ccc2nc(C3CCCO3)[nH]c2c1)c1cc(=O)[nH]c2ccccc12. The summed E-state index contributed by atoms with van der Waals surface area (Å²) in [4.78, 5) is 35.3. The molecule has 5 rings (SSSR count). The van der Waals surface area contributed by atoms with Gasteiger partial charge in [0.25, 0.3) is 5.91 Å². The maximum absolute atomic E-state index is 12.8. The number of ether oxygens (including phenoxy) is 1. The van der Waals surface area contributed by atoms with Gasteiger partial charge in [-0.3, -0.25) is 9.59 Å². The average molecular weight is 374 g/mol. The van der Waals surface area contributed by atoms with Crippen LogP contribution in [0.3, 0.4) is 0 Å².